The number of rotatable bonds is 4. The Kier molecular flexibility index (Phi) is 3.93. The molecule has 1 unspecified atom stereocenters. The van der Waals surface area contributed by atoms with E-state index in [1.54, 1.807) is 18.2 Å². The zero-order valence-corrected chi connectivity index (χ0v) is 13.5. The minimum absolute atomic E-state index is 0.0592. The molecule has 1 N–H and O–H groups in total. The van der Waals surface area contributed by atoms with Crippen molar-refractivity contribution in [3.63, 3.8) is 0 Å². The highest BCUT2D eigenvalue weighted by Gasteiger charge is 2.22. The Bertz CT molecular complexity index is 971. The van der Waals surface area contributed by atoms with Gasteiger partial charge in [0.1, 0.15) is 18.4 Å². The van der Waals surface area contributed by atoms with Gasteiger partial charge in [0.15, 0.2) is 0 Å². The van der Waals surface area contributed by atoms with E-state index in [-0.39, 0.29) is 24.1 Å². The Morgan fingerprint density at radius 3 is 2.88 bits per heavy atom. The zero-order chi connectivity index (χ0) is 17.2. The van der Waals surface area contributed by atoms with Crippen molar-refractivity contribution >= 4 is 16.8 Å². The number of benzene rings is 2. The number of ether oxygens (including phenoxy) is 1. The first-order valence-corrected chi connectivity index (χ1v) is 8.16. The molecule has 1 aliphatic heterocycles. The number of para-hydroxylation sites is 2. The largest absolute Gasteiger partial charge is 0.488 e. The highest BCUT2D eigenvalue weighted by molar-refractivity contribution is 5.78. The summed E-state index contributed by atoms with van der Waals surface area (Å²) < 4.78 is 7.11. The number of carbonyl (C=O) groups excluding carboxylic acids is 1. The van der Waals surface area contributed by atoms with Gasteiger partial charge >= 0.3 is 0 Å². The molecule has 25 heavy (non-hydrogen) atoms. The average Bonchev–Trinajstić information content (AvgIpc) is 3.06. The highest BCUT2D eigenvalue weighted by atomic mass is 16.5. The summed E-state index contributed by atoms with van der Waals surface area (Å²) in [5.74, 6) is 0.635. The minimum atomic E-state index is -0.237. The fourth-order valence-electron chi connectivity index (χ4n) is 3.02. The van der Waals surface area contributed by atoms with Crippen molar-refractivity contribution in [2.75, 3.05) is 6.54 Å². The molecule has 0 bridgehead atoms. The summed E-state index contributed by atoms with van der Waals surface area (Å²) >= 11 is 0. The maximum Gasteiger partial charge on any atom is 0.261 e. The van der Waals surface area contributed by atoms with Gasteiger partial charge in [-0.25, -0.2) is 4.98 Å². The average molecular weight is 335 g/mol. The number of nitrogens with zero attached hydrogens (tertiary/aromatic N) is 2. The van der Waals surface area contributed by atoms with E-state index in [0.29, 0.717) is 17.4 Å². The second-order valence-electron chi connectivity index (χ2n) is 6.05. The van der Waals surface area contributed by atoms with E-state index in [4.69, 9.17) is 4.74 Å². The number of amides is 1. The quantitative estimate of drug-likeness (QED) is 0.784. The van der Waals surface area contributed by atoms with E-state index < -0.39 is 0 Å². The second-order valence-corrected chi connectivity index (χ2v) is 6.05. The van der Waals surface area contributed by atoms with Crippen molar-refractivity contribution in [1.29, 1.82) is 0 Å². The van der Waals surface area contributed by atoms with Crippen LogP contribution in [0.2, 0.25) is 0 Å². The number of fused-ring (bicyclic) bond motifs is 2. The third kappa shape index (κ3) is 3.10. The van der Waals surface area contributed by atoms with Crippen molar-refractivity contribution in [3.8, 4) is 5.75 Å². The number of aromatic nitrogens is 2. The summed E-state index contributed by atoms with van der Waals surface area (Å²) in [7, 11) is 0. The molecule has 1 aromatic heterocycles. The molecule has 1 atom stereocenters. The minimum Gasteiger partial charge on any atom is -0.488 e. The molecular formula is C19H17N3O3. The molecule has 0 saturated heterocycles. The molecule has 0 radical (unpaired) electrons. The molecule has 2 heterocycles. The second kappa shape index (κ2) is 6.39. The molecule has 1 amide bonds. The number of carbonyl (C=O) groups is 1. The van der Waals surface area contributed by atoms with Crippen LogP contribution in [0.5, 0.6) is 5.75 Å². The fourth-order valence-corrected chi connectivity index (χ4v) is 3.02. The van der Waals surface area contributed by atoms with Gasteiger partial charge in [-0.3, -0.25) is 14.2 Å². The predicted molar refractivity (Wildman–Crippen MR) is 93.6 cm³/mol. The lowest BCUT2D eigenvalue weighted by Crippen LogP contribution is -2.38. The van der Waals surface area contributed by atoms with E-state index >= 15 is 0 Å². The first-order chi connectivity index (χ1) is 12.2. The van der Waals surface area contributed by atoms with Crippen molar-refractivity contribution in [1.82, 2.24) is 14.9 Å². The van der Waals surface area contributed by atoms with E-state index in [9.17, 15) is 9.59 Å². The van der Waals surface area contributed by atoms with Crippen LogP contribution in [0.3, 0.4) is 0 Å². The molecule has 0 saturated carbocycles. The van der Waals surface area contributed by atoms with Gasteiger partial charge in [-0.2, -0.15) is 0 Å². The van der Waals surface area contributed by atoms with Gasteiger partial charge in [0.25, 0.3) is 5.56 Å². The highest BCUT2D eigenvalue weighted by Crippen LogP contribution is 2.27. The fraction of sp³-hybridized carbons (Fsp3) is 0.211. The first-order valence-electron chi connectivity index (χ1n) is 8.16. The number of hydrogen-bond donors (Lipinski definition) is 1. The Labute approximate surface area is 144 Å². The maximum atomic E-state index is 12.4. The third-order valence-electron chi connectivity index (χ3n) is 4.29. The molecule has 6 nitrogen and oxygen atoms in total. The lowest BCUT2D eigenvalue weighted by atomic mass is 10.1. The summed E-state index contributed by atoms with van der Waals surface area (Å²) in [6.45, 7) is 0.347. The predicted octanol–water partition coefficient (Wildman–Crippen LogP) is 1.52. The van der Waals surface area contributed by atoms with Crippen LogP contribution in [0, 0.1) is 0 Å². The van der Waals surface area contributed by atoms with Crippen LogP contribution in [0.1, 0.15) is 5.56 Å². The van der Waals surface area contributed by atoms with Crippen LogP contribution in [0.25, 0.3) is 10.9 Å². The monoisotopic (exact) mass is 335 g/mol. The molecule has 0 fully saturated rings. The summed E-state index contributed by atoms with van der Waals surface area (Å²) in [6.07, 6.45) is 2.10. The van der Waals surface area contributed by atoms with Gasteiger partial charge in [-0.15, -0.1) is 0 Å². The van der Waals surface area contributed by atoms with Crippen molar-refractivity contribution in [2.24, 2.45) is 0 Å². The van der Waals surface area contributed by atoms with Crippen molar-refractivity contribution in [3.05, 3.63) is 70.8 Å². The molecule has 0 spiro atoms. The number of nitrogens with one attached hydrogen (secondary N) is 1. The van der Waals surface area contributed by atoms with Crippen LogP contribution in [-0.2, 0) is 17.8 Å². The summed E-state index contributed by atoms with van der Waals surface area (Å²) in [4.78, 5) is 28.8. The smallest absolute Gasteiger partial charge is 0.261 e. The molecule has 1 aliphatic rings. The van der Waals surface area contributed by atoms with Crippen LogP contribution >= 0.6 is 0 Å². The van der Waals surface area contributed by atoms with Gasteiger partial charge in [0.05, 0.1) is 23.8 Å². The Morgan fingerprint density at radius 1 is 1.20 bits per heavy atom. The molecule has 6 heteroatoms. The first kappa shape index (κ1) is 15.4. The van der Waals surface area contributed by atoms with E-state index in [1.165, 1.54) is 10.9 Å². The van der Waals surface area contributed by atoms with Gasteiger partial charge in [-0.05, 0) is 23.8 Å². The Morgan fingerprint density at radius 2 is 2.00 bits per heavy atom. The van der Waals surface area contributed by atoms with Crippen molar-refractivity contribution in [2.45, 2.75) is 19.1 Å². The summed E-state index contributed by atoms with van der Waals surface area (Å²) in [6, 6.07) is 14.9. The standard InChI is InChI=1S/C19H17N3O3/c23-18(20-10-14-9-13-5-1-4-8-17(13)25-14)11-22-12-21-16-7-3-2-6-15(16)19(22)24/h1-8,12,14H,9-11H2,(H,20,23). The topological polar surface area (TPSA) is 73.2 Å². The molecule has 3 aromatic rings. The van der Waals surface area contributed by atoms with E-state index in [2.05, 4.69) is 10.3 Å². The van der Waals surface area contributed by atoms with Crippen molar-refractivity contribution < 1.29 is 9.53 Å². The molecule has 4 rings (SSSR count). The zero-order valence-electron chi connectivity index (χ0n) is 13.5. The van der Waals surface area contributed by atoms with Gasteiger partial charge in [0.2, 0.25) is 5.91 Å². The van der Waals surface area contributed by atoms with Crippen LogP contribution in [-0.4, -0.2) is 28.1 Å². The maximum absolute atomic E-state index is 12.4. The molecule has 126 valence electrons. The van der Waals surface area contributed by atoms with Crippen LogP contribution in [0.4, 0.5) is 0 Å². The lowest BCUT2D eigenvalue weighted by Gasteiger charge is -2.12. The lowest BCUT2D eigenvalue weighted by molar-refractivity contribution is -0.122. The summed E-state index contributed by atoms with van der Waals surface area (Å²) in [5.41, 5.74) is 1.56. The number of hydrogen-bond acceptors (Lipinski definition) is 4. The van der Waals surface area contributed by atoms with Gasteiger partial charge in [0, 0.05) is 6.42 Å². The molecule has 2 aromatic carbocycles. The SMILES string of the molecule is O=C(Cn1cnc2ccccc2c1=O)NCC1Cc2ccccc2O1. The van der Waals surface area contributed by atoms with Crippen LogP contribution < -0.4 is 15.6 Å². The summed E-state index contributed by atoms with van der Waals surface area (Å²) in [5, 5.41) is 3.34. The van der Waals surface area contributed by atoms with Gasteiger partial charge < -0.3 is 10.1 Å². The van der Waals surface area contributed by atoms with E-state index in [1.807, 2.05) is 30.3 Å². The Balaban J connectivity index is 1.39. The third-order valence-corrected chi connectivity index (χ3v) is 4.29. The normalized spacial score (nSPS) is 15.6. The van der Waals surface area contributed by atoms with E-state index in [0.717, 1.165) is 17.7 Å². The van der Waals surface area contributed by atoms with Gasteiger partial charge in [-0.1, -0.05) is 30.3 Å². The molecular weight excluding hydrogens is 318 g/mol. The molecule has 0 aliphatic carbocycles. The van der Waals surface area contributed by atoms with Crippen LogP contribution in [0.15, 0.2) is 59.7 Å². The Hall–Kier alpha value is -3.15.